The highest BCUT2D eigenvalue weighted by molar-refractivity contribution is 7.59. The number of aromatic nitrogens is 1. The van der Waals surface area contributed by atoms with E-state index >= 15 is 4.39 Å². The number of alkyl carbamates (subject to hydrolysis) is 2. The number of aliphatic imine (C=N–C) groups is 2. The highest BCUT2D eigenvalue weighted by Crippen LogP contribution is 2.51. The Morgan fingerprint density at radius 3 is 1.73 bits per heavy atom. The first kappa shape index (κ1) is 57.6. The van der Waals surface area contributed by atoms with Gasteiger partial charge in [0.05, 0.1) is 72.4 Å². The lowest BCUT2D eigenvalue weighted by Gasteiger charge is -2.38. The molecule has 16 nitrogen and oxygen atoms in total. The van der Waals surface area contributed by atoms with Crippen molar-refractivity contribution in [2.45, 2.75) is 165 Å². The Balaban J connectivity index is 0.00000360. The number of nitrogens with one attached hydrogen (secondary N) is 2. The average Bonchev–Trinajstić information content (AvgIpc) is 4.20. The second-order valence-corrected chi connectivity index (χ2v) is 24.1. The second-order valence-electron chi connectivity index (χ2n) is 23.0. The lowest BCUT2D eigenvalue weighted by molar-refractivity contribution is -0.138. The maximum absolute atomic E-state index is 17.2. The van der Waals surface area contributed by atoms with Gasteiger partial charge >= 0.3 is 12.2 Å². The van der Waals surface area contributed by atoms with Crippen molar-refractivity contribution in [3.05, 3.63) is 87.6 Å². The number of carbonyl (C=O) groups is 4. The molecule has 20 heteroatoms. The van der Waals surface area contributed by atoms with Crippen molar-refractivity contribution in [1.82, 2.24) is 25.0 Å². The van der Waals surface area contributed by atoms with E-state index in [0.29, 0.717) is 74.4 Å². The number of methoxy groups -OCH3 is 2. The summed E-state index contributed by atoms with van der Waals surface area (Å²) in [4.78, 5) is 70.3. The number of hydrogen-bond donors (Lipinski definition) is 2. The fourth-order valence-electron chi connectivity index (χ4n) is 13.8. The van der Waals surface area contributed by atoms with Gasteiger partial charge in [-0.3, -0.25) is 24.1 Å². The third-order valence-corrected chi connectivity index (χ3v) is 18.7. The molecule has 9 heterocycles. The van der Waals surface area contributed by atoms with E-state index in [2.05, 4.69) is 51.6 Å². The molecular formula is C60H74FN7O9S3. The lowest BCUT2D eigenvalue weighted by atomic mass is 9.85. The Bertz CT molecular complexity index is 3170. The third kappa shape index (κ3) is 11.2. The topological polar surface area (TPSA) is 175 Å². The van der Waals surface area contributed by atoms with Crippen LogP contribution < -0.4 is 15.4 Å². The van der Waals surface area contributed by atoms with Crippen LogP contribution in [0, 0.1) is 17.7 Å². The first-order chi connectivity index (χ1) is 37.7. The zero-order valence-electron chi connectivity index (χ0n) is 46.3. The largest absolute Gasteiger partial charge is 0.464 e. The van der Waals surface area contributed by atoms with Gasteiger partial charge in [-0.2, -0.15) is 27.0 Å². The van der Waals surface area contributed by atoms with Gasteiger partial charge in [0, 0.05) is 60.0 Å². The van der Waals surface area contributed by atoms with E-state index in [1.54, 1.807) is 23.6 Å². The Kier molecular flexibility index (Phi) is 17.0. The van der Waals surface area contributed by atoms with Crippen molar-refractivity contribution in [3.63, 3.8) is 0 Å². The minimum atomic E-state index is -0.769. The third-order valence-electron chi connectivity index (χ3n) is 17.5. The Labute approximate surface area is 484 Å². The van der Waals surface area contributed by atoms with Crippen LogP contribution in [0.15, 0.2) is 70.9 Å². The van der Waals surface area contributed by atoms with Crippen molar-refractivity contribution >= 4 is 95.8 Å². The SMILES string of the molecule is COC(=O)NC(C(=O)N1CCC[C@H]1C1=NC=C(c2cc(F)c3c(c2)OC(c2ccc(C4CC4)s2)n2c-3cc3cc(C4=CN=C([C@@H]5CCCN5C(=O)C(NC(=O)OC)C5C[C@@H](C)O[C@@H](C)C5)C4)ccc32)C1)C1C[C@@H](C)O[C@@H](C)C1.S.S. The normalized spacial score (nSPS) is 27.7. The molecular weight excluding hydrogens is 1080 g/mol. The summed E-state index contributed by atoms with van der Waals surface area (Å²) in [7, 11) is 2.62. The molecule has 11 atom stereocenters. The lowest BCUT2D eigenvalue weighted by Crippen LogP contribution is -2.56. The van der Waals surface area contributed by atoms with Crippen molar-refractivity contribution < 1.29 is 47.3 Å². The summed E-state index contributed by atoms with van der Waals surface area (Å²) in [6.45, 7) is 9.12. The molecule has 4 amide bonds. The molecule has 2 N–H and O–H groups in total. The molecule has 2 aromatic heterocycles. The number of ether oxygens (including phenoxy) is 5. The smallest absolute Gasteiger partial charge is 0.407 e. The molecule has 8 aliphatic rings. The van der Waals surface area contributed by atoms with Crippen LogP contribution in [0.4, 0.5) is 14.0 Å². The van der Waals surface area contributed by atoms with Gasteiger partial charge < -0.3 is 44.1 Å². The quantitative estimate of drug-likeness (QED) is 0.140. The van der Waals surface area contributed by atoms with Gasteiger partial charge in [-0.1, -0.05) is 6.07 Å². The van der Waals surface area contributed by atoms with Crippen molar-refractivity contribution in [2.24, 2.45) is 21.8 Å². The standard InChI is InChI=1S/C60H70FN7O9S.2H2S/c1-31-19-39(20-32(2)75-31)54(64-59(71)73-5)56(69)66-17-7-9-47(66)44-25-41(29-62-44)36-13-14-46-38(23-36)27-49-53-43(61)24-37(28-50(53)77-58(68(46)49)52-16-15-51(78-52)35-11-12-35)42-26-45(63-30-42)48-10-8-18-67(48)57(70)55(65-60(72)74-6)40-21-33(3)76-34(4)22-40;;/h13-16,23-24,27-35,39-40,47-48,54-55,58H,7-12,17-22,25-26H2,1-6H3,(H,64,71)(H,65,72);2*1H2/t31-,32+,33-,34+,39?,40?,47-,48-,54?,55?,58?;;/m0../s1. The van der Waals surface area contributed by atoms with E-state index < -0.39 is 36.3 Å². The number of hydrogen-bond acceptors (Lipinski definition) is 12. The molecule has 428 valence electrons. The van der Waals surface area contributed by atoms with E-state index in [-0.39, 0.29) is 87.1 Å². The summed E-state index contributed by atoms with van der Waals surface area (Å²) >= 11 is 1.76. The predicted molar refractivity (Wildman–Crippen MR) is 317 cm³/mol. The van der Waals surface area contributed by atoms with Gasteiger partial charge in [0.15, 0.2) is 0 Å². The number of amides is 4. The molecule has 5 fully saturated rings. The van der Waals surface area contributed by atoms with Gasteiger partial charge in [0.25, 0.3) is 0 Å². The molecule has 12 rings (SSSR count). The molecule has 4 aromatic rings. The van der Waals surface area contributed by atoms with Gasteiger partial charge in [-0.05, 0) is 174 Å². The second kappa shape index (κ2) is 23.7. The highest BCUT2D eigenvalue weighted by atomic mass is 32.1. The van der Waals surface area contributed by atoms with Crippen LogP contribution in [0.3, 0.4) is 0 Å². The summed E-state index contributed by atoms with van der Waals surface area (Å²) < 4.78 is 48.3. The van der Waals surface area contributed by atoms with E-state index in [0.717, 1.165) is 75.3 Å². The zero-order chi connectivity index (χ0) is 54.1. The molecule has 1 saturated carbocycles. The van der Waals surface area contributed by atoms with Crippen LogP contribution in [0.1, 0.15) is 138 Å². The molecule has 4 saturated heterocycles. The molecule has 5 unspecified atom stereocenters. The van der Waals surface area contributed by atoms with Crippen LogP contribution in [0.25, 0.3) is 33.3 Å². The zero-order valence-corrected chi connectivity index (χ0v) is 49.1. The predicted octanol–water partition coefficient (Wildman–Crippen LogP) is 10.8. The van der Waals surface area contributed by atoms with E-state index in [1.165, 1.54) is 31.9 Å². The number of thiophene rings is 1. The summed E-state index contributed by atoms with van der Waals surface area (Å²) in [6.07, 6.45) is 10.8. The molecule has 2 aromatic carbocycles. The van der Waals surface area contributed by atoms with Gasteiger partial charge in [0.1, 0.15) is 23.7 Å². The van der Waals surface area contributed by atoms with Crippen LogP contribution in [0.2, 0.25) is 0 Å². The maximum Gasteiger partial charge on any atom is 0.407 e. The molecule has 0 spiro atoms. The average molecular weight is 1150 g/mol. The van der Waals surface area contributed by atoms with Crippen LogP contribution in [-0.2, 0) is 28.5 Å². The minimum Gasteiger partial charge on any atom is -0.464 e. The van der Waals surface area contributed by atoms with Gasteiger partial charge in [-0.15, -0.1) is 11.3 Å². The van der Waals surface area contributed by atoms with Crippen LogP contribution >= 0.6 is 38.3 Å². The fraction of sp³-hybridized carbons (Fsp3) is 0.533. The molecule has 1 aliphatic carbocycles. The summed E-state index contributed by atoms with van der Waals surface area (Å²) in [5, 5.41) is 6.70. The minimum absolute atomic E-state index is 0. The first-order valence-corrected chi connectivity index (χ1v) is 28.9. The van der Waals surface area contributed by atoms with Crippen LogP contribution in [-0.4, -0.2) is 126 Å². The van der Waals surface area contributed by atoms with Crippen molar-refractivity contribution in [3.8, 4) is 17.0 Å². The first-order valence-electron chi connectivity index (χ1n) is 28.1. The number of benzene rings is 2. The molecule has 7 aliphatic heterocycles. The number of fused-ring (bicyclic) bond motifs is 5. The number of halogens is 1. The number of rotatable bonds is 12. The number of carbonyl (C=O) groups excluding carboxylic acids is 4. The Morgan fingerprint density at radius 1 is 0.675 bits per heavy atom. The summed E-state index contributed by atoms with van der Waals surface area (Å²) in [5.74, 6) is 0.122. The summed E-state index contributed by atoms with van der Waals surface area (Å²) in [6, 6.07) is 14.3. The van der Waals surface area contributed by atoms with E-state index in [4.69, 9.17) is 33.7 Å². The monoisotopic (exact) mass is 1150 g/mol. The maximum atomic E-state index is 17.2. The van der Waals surface area contributed by atoms with Gasteiger partial charge in [-0.25, -0.2) is 14.0 Å². The number of allylic oxidation sites excluding steroid dienone is 2. The van der Waals surface area contributed by atoms with Crippen LogP contribution in [0.5, 0.6) is 5.75 Å². The number of nitrogens with zero attached hydrogens (tertiary/aromatic N) is 5. The van der Waals surface area contributed by atoms with E-state index in [9.17, 15) is 19.2 Å². The van der Waals surface area contributed by atoms with Gasteiger partial charge in [0.2, 0.25) is 18.0 Å². The molecule has 0 radical (unpaired) electrons. The Morgan fingerprint density at radius 2 is 1.20 bits per heavy atom. The Hall–Kier alpha value is -5.67. The summed E-state index contributed by atoms with van der Waals surface area (Å²) in [5.41, 5.74) is 7.31. The fourth-order valence-corrected chi connectivity index (χ4v) is 15.0. The van der Waals surface area contributed by atoms with E-state index in [1.807, 2.05) is 49.8 Å². The number of likely N-dealkylation sites (tertiary alicyclic amines) is 2. The van der Waals surface area contributed by atoms with Crippen molar-refractivity contribution in [2.75, 3.05) is 27.3 Å². The molecule has 0 bridgehead atoms. The van der Waals surface area contributed by atoms with Crippen molar-refractivity contribution in [1.29, 1.82) is 0 Å². The highest BCUT2D eigenvalue weighted by Gasteiger charge is 2.45. The molecule has 80 heavy (non-hydrogen) atoms.